The van der Waals surface area contributed by atoms with Crippen molar-refractivity contribution in [2.24, 2.45) is 5.92 Å². The number of carbonyl (C=O) groups is 1. The molecule has 0 bridgehead atoms. The van der Waals surface area contributed by atoms with E-state index < -0.39 is 6.10 Å². The van der Waals surface area contributed by atoms with Gasteiger partial charge in [-0.05, 0) is 44.0 Å². The van der Waals surface area contributed by atoms with Crippen LogP contribution in [0, 0.1) is 5.92 Å². The zero-order valence-corrected chi connectivity index (χ0v) is 13.4. The molecule has 5 nitrogen and oxygen atoms in total. The molecule has 1 aromatic rings. The third-order valence-electron chi connectivity index (χ3n) is 4.22. The largest absolute Gasteiger partial charge is 0.497 e. The van der Waals surface area contributed by atoms with E-state index >= 15 is 0 Å². The van der Waals surface area contributed by atoms with Crippen molar-refractivity contribution in [1.82, 2.24) is 10.2 Å². The first-order valence-electron chi connectivity index (χ1n) is 7.87. The molecule has 0 spiro atoms. The highest BCUT2D eigenvalue weighted by Gasteiger charge is 2.31. The number of piperidine rings is 1. The molecule has 2 rings (SSSR count). The number of aliphatic hydroxyl groups excluding tert-OH is 1. The standard InChI is InChI=1S/C17H26N2O3/c1-19-11-9-16(20)15(12-19)17(21)18-10-3-4-13-5-7-14(22-2)8-6-13/h5-8,15-16,20H,3-4,9-12H2,1-2H3,(H,18,21)/t15-,16-/m1/s1. The minimum atomic E-state index is -0.516. The van der Waals surface area contributed by atoms with Gasteiger partial charge in [0.15, 0.2) is 0 Å². The molecular weight excluding hydrogens is 280 g/mol. The maximum absolute atomic E-state index is 12.1. The highest BCUT2D eigenvalue weighted by molar-refractivity contribution is 5.79. The van der Waals surface area contributed by atoms with Crippen molar-refractivity contribution in [2.75, 3.05) is 33.8 Å². The number of ether oxygens (including phenoxy) is 1. The number of hydrogen-bond acceptors (Lipinski definition) is 4. The highest BCUT2D eigenvalue weighted by Crippen LogP contribution is 2.16. The summed E-state index contributed by atoms with van der Waals surface area (Å²) in [5.41, 5.74) is 1.23. The average Bonchev–Trinajstić information content (AvgIpc) is 2.54. The lowest BCUT2D eigenvalue weighted by Crippen LogP contribution is -2.48. The smallest absolute Gasteiger partial charge is 0.227 e. The Kier molecular flexibility index (Phi) is 6.21. The molecule has 1 aliphatic rings. The Morgan fingerprint density at radius 3 is 2.82 bits per heavy atom. The number of aliphatic hydroxyl groups is 1. The van der Waals surface area contributed by atoms with Gasteiger partial charge < -0.3 is 20.1 Å². The zero-order chi connectivity index (χ0) is 15.9. The van der Waals surface area contributed by atoms with Gasteiger partial charge >= 0.3 is 0 Å². The maximum Gasteiger partial charge on any atom is 0.227 e. The number of nitrogens with zero attached hydrogens (tertiary/aromatic N) is 1. The summed E-state index contributed by atoms with van der Waals surface area (Å²) < 4.78 is 5.13. The van der Waals surface area contributed by atoms with Crippen LogP contribution in [0.2, 0.25) is 0 Å². The van der Waals surface area contributed by atoms with E-state index in [2.05, 4.69) is 10.2 Å². The number of likely N-dealkylation sites (tertiary alicyclic amines) is 1. The van der Waals surface area contributed by atoms with E-state index in [0.717, 1.165) is 25.1 Å². The molecule has 1 saturated heterocycles. The molecule has 0 unspecified atom stereocenters. The van der Waals surface area contributed by atoms with E-state index in [-0.39, 0.29) is 11.8 Å². The molecule has 1 heterocycles. The van der Waals surface area contributed by atoms with Crippen LogP contribution in [-0.4, -0.2) is 55.8 Å². The monoisotopic (exact) mass is 306 g/mol. The lowest BCUT2D eigenvalue weighted by molar-refractivity contribution is -0.131. The summed E-state index contributed by atoms with van der Waals surface area (Å²) in [6, 6.07) is 7.98. The molecule has 0 saturated carbocycles. The Hall–Kier alpha value is -1.59. The fraction of sp³-hybridized carbons (Fsp3) is 0.588. The van der Waals surface area contributed by atoms with Crippen LogP contribution in [0.4, 0.5) is 0 Å². The highest BCUT2D eigenvalue weighted by atomic mass is 16.5. The number of benzene rings is 1. The van der Waals surface area contributed by atoms with Crippen LogP contribution in [0.1, 0.15) is 18.4 Å². The molecule has 122 valence electrons. The van der Waals surface area contributed by atoms with Crippen molar-refractivity contribution in [3.05, 3.63) is 29.8 Å². The number of nitrogens with one attached hydrogen (secondary N) is 1. The van der Waals surface area contributed by atoms with Gasteiger partial charge in [-0.2, -0.15) is 0 Å². The van der Waals surface area contributed by atoms with Gasteiger partial charge in [0.25, 0.3) is 0 Å². The lowest BCUT2D eigenvalue weighted by atomic mass is 9.94. The zero-order valence-electron chi connectivity index (χ0n) is 13.4. The van der Waals surface area contributed by atoms with Crippen LogP contribution in [0.25, 0.3) is 0 Å². The van der Waals surface area contributed by atoms with Gasteiger partial charge in [0.1, 0.15) is 5.75 Å². The van der Waals surface area contributed by atoms with Crippen LogP contribution in [0.3, 0.4) is 0 Å². The van der Waals surface area contributed by atoms with E-state index in [9.17, 15) is 9.90 Å². The molecule has 1 aromatic carbocycles. The van der Waals surface area contributed by atoms with Crippen LogP contribution in [0.15, 0.2) is 24.3 Å². The lowest BCUT2D eigenvalue weighted by Gasteiger charge is -2.32. The molecule has 1 aliphatic heterocycles. The third-order valence-corrected chi connectivity index (χ3v) is 4.22. The molecule has 1 fully saturated rings. The summed E-state index contributed by atoms with van der Waals surface area (Å²) in [7, 11) is 3.64. The number of rotatable bonds is 6. The Bertz CT molecular complexity index is 475. The minimum absolute atomic E-state index is 0.0335. The second-order valence-electron chi connectivity index (χ2n) is 5.97. The molecule has 1 amide bonds. The summed E-state index contributed by atoms with van der Waals surface area (Å²) in [6.45, 7) is 2.12. The molecule has 5 heteroatoms. The fourth-order valence-electron chi connectivity index (χ4n) is 2.79. The van der Waals surface area contributed by atoms with E-state index in [0.29, 0.717) is 19.5 Å². The van der Waals surface area contributed by atoms with Crippen LogP contribution in [0.5, 0.6) is 5.75 Å². The second kappa shape index (κ2) is 8.15. The van der Waals surface area contributed by atoms with Crippen LogP contribution >= 0.6 is 0 Å². The van der Waals surface area contributed by atoms with E-state index in [4.69, 9.17) is 4.74 Å². The first-order chi connectivity index (χ1) is 10.6. The van der Waals surface area contributed by atoms with Gasteiger partial charge in [-0.1, -0.05) is 12.1 Å². The van der Waals surface area contributed by atoms with Gasteiger partial charge in [0, 0.05) is 19.6 Å². The van der Waals surface area contributed by atoms with Gasteiger partial charge in [0.2, 0.25) is 5.91 Å². The molecule has 0 aromatic heterocycles. The summed E-state index contributed by atoms with van der Waals surface area (Å²) in [6.07, 6.45) is 1.95. The normalized spacial score (nSPS) is 22.3. The van der Waals surface area contributed by atoms with E-state index in [1.165, 1.54) is 5.56 Å². The van der Waals surface area contributed by atoms with Crippen LogP contribution in [-0.2, 0) is 11.2 Å². The number of aryl methyl sites for hydroxylation is 1. The first-order valence-corrected chi connectivity index (χ1v) is 7.87. The Balaban J connectivity index is 1.70. The van der Waals surface area contributed by atoms with Gasteiger partial charge in [0.05, 0.1) is 19.1 Å². The number of hydrogen-bond donors (Lipinski definition) is 2. The molecule has 0 aliphatic carbocycles. The summed E-state index contributed by atoms with van der Waals surface area (Å²) in [5, 5.41) is 12.9. The number of methoxy groups -OCH3 is 1. The Labute approximate surface area is 132 Å². The quantitative estimate of drug-likeness (QED) is 0.772. The SMILES string of the molecule is COc1ccc(CCCNC(=O)[C@@H]2CN(C)CC[C@H]2O)cc1. The summed E-state index contributed by atoms with van der Waals surface area (Å²) in [5.74, 6) is 0.515. The molecule has 2 atom stereocenters. The topological polar surface area (TPSA) is 61.8 Å². The molecule has 22 heavy (non-hydrogen) atoms. The third kappa shape index (κ3) is 4.71. The van der Waals surface area contributed by atoms with Crippen molar-refractivity contribution in [3.63, 3.8) is 0 Å². The van der Waals surface area contributed by atoms with Crippen LogP contribution < -0.4 is 10.1 Å². The average molecular weight is 306 g/mol. The van der Waals surface area contributed by atoms with Crippen molar-refractivity contribution in [3.8, 4) is 5.75 Å². The van der Waals surface area contributed by atoms with Crippen molar-refractivity contribution >= 4 is 5.91 Å². The molecule has 2 N–H and O–H groups in total. The van der Waals surface area contributed by atoms with Crippen molar-refractivity contribution in [2.45, 2.75) is 25.4 Å². The number of amides is 1. The summed E-state index contributed by atoms with van der Waals surface area (Å²) >= 11 is 0. The fourth-order valence-corrected chi connectivity index (χ4v) is 2.79. The van der Waals surface area contributed by atoms with Gasteiger partial charge in [-0.3, -0.25) is 4.79 Å². The Morgan fingerprint density at radius 2 is 2.14 bits per heavy atom. The summed E-state index contributed by atoms with van der Waals surface area (Å²) in [4.78, 5) is 14.2. The predicted molar refractivity (Wildman–Crippen MR) is 85.9 cm³/mol. The van der Waals surface area contributed by atoms with E-state index in [1.54, 1.807) is 7.11 Å². The second-order valence-corrected chi connectivity index (χ2v) is 5.97. The van der Waals surface area contributed by atoms with Crippen molar-refractivity contribution in [1.29, 1.82) is 0 Å². The van der Waals surface area contributed by atoms with E-state index in [1.807, 2.05) is 31.3 Å². The first kappa shape index (κ1) is 16.8. The maximum atomic E-state index is 12.1. The van der Waals surface area contributed by atoms with Gasteiger partial charge in [-0.25, -0.2) is 0 Å². The van der Waals surface area contributed by atoms with Gasteiger partial charge in [-0.15, -0.1) is 0 Å². The number of carbonyl (C=O) groups excluding carboxylic acids is 1. The Morgan fingerprint density at radius 1 is 1.41 bits per heavy atom. The molecule has 0 radical (unpaired) electrons. The van der Waals surface area contributed by atoms with Crippen molar-refractivity contribution < 1.29 is 14.6 Å². The predicted octanol–water partition coefficient (Wildman–Crippen LogP) is 1.06. The molecular formula is C17H26N2O3. The minimum Gasteiger partial charge on any atom is -0.497 e.